The Morgan fingerprint density at radius 3 is 2.54 bits per heavy atom. The second-order valence-electron chi connectivity index (χ2n) is 5.86. The van der Waals surface area contributed by atoms with Crippen LogP contribution in [0.2, 0.25) is 5.02 Å². The molecule has 0 saturated carbocycles. The molecule has 0 spiro atoms. The molecular weight excluding hydrogens is 368 g/mol. The summed E-state index contributed by atoms with van der Waals surface area (Å²) in [4.78, 5) is 12.2. The number of hydrogen-bond acceptors (Lipinski definition) is 4. The normalized spacial score (nSPS) is 12.0. The third-order valence-corrected chi connectivity index (χ3v) is 5.22. The highest BCUT2D eigenvalue weighted by atomic mass is 35.5. The maximum atomic E-state index is 12.2. The second kappa shape index (κ2) is 8.38. The van der Waals surface area contributed by atoms with Crippen molar-refractivity contribution < 1.29 is 4.79 Å². The Kier molecular flexibility index (Phi) is 5.96. The SMILES string of the molecule is CC(NC(=O)CSc1nnc(-c2ccc(Cl)cc2)n1C)c1ccccc1. The zero-order valence-corrected chi connectivity index (χ0v) is 16.1. The molecule has 3 rings (SSSR count). The molecule has 1 unspecified atom stereocenters. The van der Waals surface area contributed by atoms with Crippen LogP contribution in [-0.4, -0.2) is 26.4 Å². The van der Waals surface area contributed by atoms with Gasteiger partial charge in [-0.1, -0.05) is 53.7 Å². The zero-order valence-electron chi connectivity index (χ0n) is 14.5. The number of thioether (sulfide) groups is 1. The van der Waals surface area contributed by atoms with E-state index in [1.165, 1.54) is 11.8 Å². The molecule has 26 heavy (non-hydrogen) atoms. The van der Waals surface area contributed by atoms with Crippen LogP contribution in [0.25, 0.3) is 11.4 Å². The maximum Gasteiger partial charge on any atom is 0.230 e. The molecule has 3 aromatic rings. The highest BCUT2D eigenvalue weighted by molar-refractivity contribution is 7.99. The molecule has 1 aromatic heterocycles. The number of halogens is 1. The molecule has 0 aliphatic rings. The van der Waals surface area contributed by atoms with Crippen LogP contribution in [0.15, 0.2) is 59.8 Å². The fourth-order valence-corrected chi connectivity index (χ4v) is 3.38. The first kappa shape index (κ1) is 18.5. The Hall–Kier alpha value is -2.31. The van der Waals surface area contributed by atoms with Crippen molar-refractivity contribution >= 4 is 29.3 Å². The Bertz CT molecular complexity index is 880. The molecule has 0 aliphatic heterocycles. The standard InChI is InChI=1S/C19H19ClN4OS/c1-13(14-6-4-3-5-7-14)21-17(25)12-26-19-23-22-18(24(19)2)15-8-10-16(20)11-9-15/h3-11,13H,12H2,1-2H3,(H,21,25). The van der Waals surface area contributed by atoms with Gasteiger partial charge in [-0.15, -0.1) is 10.2 Å². The van der Waals surface area contributed by atoms with E-state index in [-0.39, 0.29) is 17.7 Å². The molecular formula is C19H19ClN4OS. The molecule has 0 saturated heterocycles. The van der Waals surface area contributed by atoms with Gasteiger partial charge in [-0.3, -0.25) is 4.79 Å². The molecule has 5 nitrogen and oxygen atoms in total. The van der Waals surface area contributed by atoms with E-state index in [2.05, 4.69) is 15.5 Å². The van der Waals surface area contributed by atoms with E-state index < -0.39 is 0 Å². The molecule has 1 N–H and O–H groups in total. The molecule has 0 fully saturated rings. The Morgan fingerprint density at radius 2 is 1.85 bits per heavy atom. The molecule has 1 amide bonds. The van der Waals surface area contributed by atoms with Crippen LogP contribution in [0, 0.1) is 0 Å². The molecule has 1 atom stereocenters. The van der Waals surface area contributed by atoms with Gasteiger partial charge < -0.3 is 9.88 Å². The second-order valence-corrected chi connectivity index (χ2v) is 7.24. The van der Waals surface area contributed by atoms with Gasteiger partial charge in [0.2, 0.25) is 5.91 Å². The summed E-state index contributed by atoms with van der Waals surface area (Å²) in [7, 11) is 1.89. The topological polar surface area (TPSA) is 59.8 Å². The number of benzene rings is 2. The van der Waals surface area contributed by atoms with E-state index in [1.807, 2.05) is 73.1 Å². The third-order valence-electron chi connectivity index (χ3n) is 3.95. The fraction of sp³-hybridized carbons (Fsp3) is 0.211. The summed E-state index contributed by atoms with van der Waals surface area (Å²) in [5.74, 6) is 0.980. The minimum atomic E-state index is -0.0394. The summed E-state index contributed by atoms with van der Waals surface area (Å²) in [5, 5.41) is 12.8. The minimum Gasteiger partial charge on any atom is -0.349 e. The van der Waals surface area contributed by atoms with Crippen molar-refractivity contribution in [1.82, 2.24) is 20.1 Å². The predicted molar refractivity (Wildman–Crippen MR) is 105 cm³/mol. The summed E-state index contributed by atoms with van der Waals surface area (Å²) < 4.78 is 1.88. The number of carbonyl (C=O) groups excluding carboxylic acids is 1. The lowest BCUT2D eigenvalue weighted by atomic mass is 10.1. The summed E-state index contributed by atoms with van der Waals surface area (Å²) in [6.45, 7) is 1.97. The van der Waals surface area contributed by atoms with Gasteiger partial charge >= 0.3 is 0 Å². The van der Waals surface area contributed by atoms with Crippen LogP contribution in [-0.2, 0) is 11.8 Å². The number of aromatic nitrogens is 3. The average molecular weight is 387 g/mol. The molecule has 1 heterocycles. The lowest BCUT2D eigenvalue weighted by Crippen LogP contribution is -2.28. The summed E-state index contributed by atoms with van der Waals surface area (Å²) in [6.07, 6.45) is 0. The number of hydrogen-bond donors (Lipinski definition) is 1. The largest absolute Gasteiger partial charge is 0.349 e. The van der Waals surface area contributed by atoms with Gasteiger partial charge in [-0.05, 0) is 36.8 Å². The van der Waals surface area contributed by atoms with Crippen molar-refractivity contribution in [3.05, 3.63) is 65.2 Å². The van der Waals surface area contributed by atoms with Crippen LogP contribution < -0.4 is 5.32 Å². The number of carbonyl (C=O) groups is 1. The molecule has 0 bridgehead atoms. The molecule has 0 radical (unpaired) electrons. The first-order valence-corrected chi connectivity index (χ1v) is 9.53. The van der Waals surface area contributed by atoms with Gasteiger partial charge in [0.1, 0.15) is 0 Å². The van der Waals surface area contributed by atoms with Crippen LogP contribution in [0.3, 0.4) is 0 Å². The van der Waals surface area contributed by atoms with Crippen molar-refractivity contribution in [3.8, 4) is 11.4 Å². The van der Waals surface area contributed by atoms with E-state index in [0.29, 0.717) is 10.2 Å². The van der Waals surface area contributed by atoms with Gasteiger partial charge in [0.15, 0.2) is 11.0 Å². The van der Waals surface area contributed by atoms with E-state index in [9.17, 15) is 4.79 Å². The van der Waals surface area contributed by atoms with E-state index in [0.717, 1.165) is 17.0 Å². The predicted octanol–water partition coefficient (Wildman–Crippen LogP) is 4.11. The smallest absolute Gasteiger partial charge is 0.230 e. The van der Waals surface area contributed by atoms with Crippen LogP contribution in [0.1, 0.15) is 18.5 Å². The van der Waals surface area contributed by atoms with Crippen LogP contribution >= 0.6 is 23.4 Å². The lowest BCUT2D eigenvalue weighted by Gasteiger charge is -2.13. The summed E-state index contributed by atoms with van der Waals surface area (Å²) >= 11 is 7.29. The van der Waals surface area contributed by atoms with Crippen molar-refractivity contribution in [2.75, 3.05) is 5.75 Å². The Labute approximate surface area is 161 Å². The van der Waals surface area contributed by atoms with Gasteiger partial charge in [0.25, 0.3) is 0 Å². The fourth-order valence-electron chi connectivity index (χ4n) is 2.53. The molecule has 134 valence electrons. The van der Waals surface area contributed by atoms with Crippen LogP contribution in [0.5, 0.6) is 0 Å². The van der Waals surface area contributed by atoms with Gasteiger partial charge in [-0.2, -0.15) is 0 Å². The summed E-state index contributed by atoms with van der Waals surface area (Å²) in [6, 6.07) is 17.3. The van der Waals surface area contributed by atoms with Gasteiger partial charge in [0.05, 0.1) is 11.8 Å². The van der Waals surface area contributed by atoms with Crippen molar-refractivity contribution in [1.29, 1.82) is 0 Å². The van der Waals surface area contributed by atoms with Crippen molar-refractivity contribution in [2.24, 2.45) is 7.05 Å². The zero-order chi connectivity index (χ0) is 18.5. The summed E-state index contributed by atoms with van der Waals surface area (Å²) in [5.41, 5.74) is 2.01. The highest BCUT2D eigenvalue weighted by Gasteiger charge is 2.14. The Balaban J connectivity index is 1.60. The number of amides is 1. The monoisotopic (exact) mass is 386 g/mol. The first-order valence-electron chi connectivity index (χ1n) is 8.17. The van der Waals surface area contributed by atoms with Gasteiger partial charge in [-0.25, -0.2) is 0 Å². The minimum absolute atomic E-state index is 0.0339. The maximum absolute atomic E-state index is 12.2. The number of rotatable bonds is 6. The average Bonchev–Trinajstić information content (AvgIpc) is 3.02. The molecule has 7 heteroatoms. The highest BCUT2D eigenvalue weighted by Crippen LogP contribution is 2.24. The number of nitrogens with zero attached hydrogens (tertiary/aromatic N) is 3. The van der Waals surface area contributed by atoms with Crippen molar-refractivity contribution in [3.63, 3.8) is 0 Å². The molecule has 0 aliphatic carbocycles. The third kappa shape index (κ3) is 4.45. The van der Waals surface area contributed by atoms with E-state index >= 15 is 0 Å². The quantitative estimate of drug-likeness (QED) is 0.648. The van der Waals surface area contributed by atoms with E-state index in [4.69, 9.17) is 11.6 Å². The first-order chi connectivity index (χ1) is 12.5. The van der Waals surface area contributed by atoms with Crippen molar-refractivity contribution in [2.45, 2.75) is 18.1 Å². The van der Waals surface area contributed by atoms with Gasteiger partial charge in [0, 0.05) is 17.6 Å². The Morgan fingerprint density at radius 1 is 1.15 bits per heavy atom. The molecule has 2 aromatic carbocycles. The lowest BCUT2D eigenvalue weighted by molar-refractivity contribution is -0.119. The number of nitrogens with one attached hydrogen (secondary N) is 1. The van der Waals surface area contributed by atoms with E-state index in [1.54, 1.807) is 0 Å². The van der Waals surface area contributed by atoms with Crippen LogP contribution in [0.4, 0.5) is 0 Å².